The Balaban J connectivity index is 1.78. The van der Waals surface area contributed by atoms with Gasteiger partial charge in [-0.2, -0.15) is 0 Å². The maximum atomic E-state index is 12.0. The first-order valence-corrected chi connectivity index (χ1v) is 11.9. The number of ketones is 1. The van der Waals surface area contributed by atoms with Gasteiger partial charge in [0, 0.05) is 22.1 Å². The van der Waals surface area contributed by atoms with Gasteiger partial charge in [0.15, 0.2) is 5.78 Å². The van der Waals surface area contributed by atoms with Gasteiger partial charge in [-0.1, -0.05) is 35.1 Å². The largest absolute Gasteiger partial charge is 0.390 e. The van der Waals surface area contributed by atoms with Crippen LogP contribution in [0.4, 0.5) is 0 Å². The van der Waals surface area contributed by atoms with Crippen LogP contribution < -0.4 is 0 Å². The molecule has 4 aliphatic rings. The number of aliphatic hydroxyl groups is 1. The quantitative estimate of drug-likeness (QED) is 0.442. The van der Waals surface area contributed by atoms with Crippen LogP contribution in [0.2, 0.25) is 0 Å². The maximum absolute atomic E-state index is 12.0. The molecule has 0 aromatic rings. The van der Waals surface area contributed by atoms with Gasteiger partial charge in [0.2, 0.25) is 0 Å². The average molecular weight is 477 g/mol. The van der Waals surface area contributed by atoms with Gasteiger partial charge in [0.1, 0.15) is 0 Å². The second kappa shape index (κ2) is 6.20. The predicted octanol–water partition coefficient (Wildman–Crippen LogP) is 5.15. The standard InChI is InChI=1S/C21H30ClIO2/c1-19-7-5-15(24)9-14(19)3-4-16-17-6-8-20(2,25)21(17,12-23)10-13(11-22)18(16)19/h9,13,16-18,25H,3-8,10-12H2,1-2H3/t13?,16-,17-,18-,19-,20-,21+/m0/s1. The van der Waals surface area contributed by atoms with Crippen LogP contribution >= 0.6 is 34.2 Å². The first-order valence-electron chi connectivity index (χ1n) is 9.87. The summed E-state index contributed by atoms with van der Waals surface area (Å²) in [5.74, 6) is 3.28. The van der Waals surface area contributed by atoms with E-state index in [-0.39, 0.29) is 10.8 Å². The van der Waals surface area contributed by atoms with E-state index in [2.05, 4.69) is 36.4 Å². The van der Waals surface area contributed by atoms with Crippen molar-refractivity contribution < 1.29 is 9.90 Å². The van der Waals surface area contributed by atoms with Crippen molar-refractivity contribution in [3.05, 3.63) is 11.6 Å². The SMILES string of the molecule is C[C@]12CCC(=O)C=C1CC[C@H]1[C@@H]3CC[C@](C)(O)[C@@]3(CI)CC(CCl)[C@@H]12. The summed E-state index contributed by atoms with van der Waals surface area (Å²) in [6.07, 6.45) is 9.02. The molecule has 1 unspecified atom stereocenters. The summed E-state index contributed by atoms with van der Waals surface area (Å²) in [5, 5.41) is 11.3. The highest BCUT2D eigenvalue weighted by Crippen LogP contribution is 2.69. The summed E-state index contributed by atoms with van der Waals surface area (Å²) in [7, 11) is 0. The molecule has 4 heteroatoms. The minimum atomic E-state index is -0.562. The Morgan fingerprint density at radius 3 is 2.72 bits per heavy atom. The van der Waals surface area contributed by atoms with Crippen LogP contribution in [-0.4, -0.2) is 26.8 Å². The Kier molecular flexibility index (Phi) is 4.65. The van der Waals surface area contributed by atoms with Crippen LogP contribution in [0.5, 0.6) is 0 Å². The van der Waals surface area contributed by atoms with E-state index in [1.165, 1.54) is 12.0 Å². The zero-order valence-corrected chi connectivity index (χ0v) is 18.3. The smallest absolute Gasteiger partial charge is 0.155 e. The lowest BCUT2D eigenvalue weighted by Gasteiger charge is -2.62. The molecule has 3 fully saturated rings. The molecule has 0 radical (unpaired) electrons. The Hall–Kier alpha value is 0.390. The molecule has 3 saturated carbocycles. The van der Waals surface area contributed by atoms with Crippen molar-refractivity contribution in [3.63, 3.8) is 0 Å². The van der Waals surface area contributed by atoms with Crippen LogP contribution in [0.1, 0.15) is 58.8 Å². The van der Waals surface area contributed by atoms with E-state index in [1.54, 1.807) is 0 Å². The van der Waals surface area contributed by atoms with Crippen molar-refractivity contribution in [2.24, 2.45) is 34.5 Å². The Labute approximate surface area is 170 Å². The third kappa shape index (κ3) is 2.47. The summed E-state index contributed by atoms with van der Waals surface area (Å²) >= 11 is 9.07. The number of halogens is 2. The molecule has 0 saturated heterocycles. The molecule has 0 aromatic carbocycles. The molecule has 25 heavy (non-hydrogen) atoms. The van der Waals surface area contributed by atoms with Gasteiger partial charge < -0.3 is 5.11 Å². The third-order valence-corrected chi connectivity index (χ3v) is 10.5. The fourth-order valence-corrected chi connectivity index (χ4v) is 9.41. The molecule has 0 bridgehead atoms. The van der Waals surface area contributed by atoms with Gasteiger partial charge in [0.05, 0.1) is 5.60 Å². The molecule has 0 amide bonds. The zero-order valence-electron chi connectivity index (χ0n) is 15.4. The van der Waals surface area contributed by atoms with E-state index in [0.29, 0.717) is 41.8 Å². The van der Waals surface area contributed by atoms with Gasteiger partial charge in [-0.3, -0.25) is 4.79 Å². The first-order chi connectivity index (χ1) is 11.8. The number of carbonyl (C=O) groups is 1. The minimum absolute atomic E-state index is 0.0242. The van der Waals surface area contributed by atoms with Crippen LogP contribution in [0.25, 0.3) is 0 Å². The molecular formula is C21H30ClIO2. The van der Waals surface area contributed by atoms with Gasteiger partial charge in [0.25, 0.3) is 0 Å². The highest BCUT2D eigenvalue weighted by Gasteiger charge is 2.66. The summed E-state index contributed by atoms with van der Waals surface area (Å²) < 4.78 is 1.02. The topological polar surface area (TPSA) is 37.3 Å². The summed E-state index contributed by atoms with van der Waals surface area (Å²) in [4.78, 5) is 12.0. The lowest BCUT2D eigenvalue weighted by atomic mass is 9.44. The number of allylic oxidation sites excluding steroid dienone is 1. The van der Waals surface area contributed by atoms with Crippen LogP contribution in [-0.2, 0) is 4.79 Å². The molecule has 4 rings (SSSR count). The summed E-state index contributed by atoms with van der Waals surface area (Å²) in [5.41, 5.74) is 0.999. The van der Waals surface area contributed by atoms with Crippen molar-refractivity contribution in [1.29, 1.82) is 0 Å². The van der Waals surface area contributed by atoms with Gasteiger partial charge in [-0.25, -0.2) is 0 Å². The highest BCUT2D eigenvalue weighted by molar-refractivity contribution is 14.1. The monoisotopic (exact) mass is 476 g/mol. The molecule has 1 N–H and O–H groups in total. The first kappa shape index (κ1) is 18.7. The van der Waals surface area contributed by atoms with E-state index >= 15 is 0 Å². The normalized spacial score (nSPS) is 52.2. The molecule has 140 valence electrons. The molecule has 0 heterocycles. The summed E-state index contributed by atoms with van der Waals surface area (Å²) in [6, 6.07) is 0. The van der Waals surface area contributed by atoms with E-state index in [1.807, 2.05) is 6.08 Å². The Bertz CT molecular complexity index is 615. The molecule has 4 aliphatic carbocycles. The fraction of sp³-hybridized carbons (Fsp3) is 0.857. The van der Waals surface area contributed by atoms with Gasteiger partial charge in [-0.05, 0) is 80.6 Å². The number of alkyl halides is 2. The van der Waals surface area contributed by atoms with E-state index in [4.69, 9.17) is 11.6 Å². The van der Waals surface area contributed by atoms with E-state index in [0.717, 1.165) is 36.5 Å². The van der Waals surface area contributed by atoms with Crippen LogP contribution in [0, 0.1) is 34.5 Å². The molecular weight excluding hydrogens is 447 g/mol. The maximum Gasteiger partial charge on any atom is 0.155 e. The van der Waals surface area contributed by atoms with Crippen molar-refractivity contribution in [2.75, 3.05) is 10.3 Å². The van der Waals surface area contributed by atoms with Gasteiger partial charge >= 0.3 is 0 Å². The molecule has 2 nitrogen and oxygen atoms in total. The lowest BCUT2D eigenvalue weighted by Crippen LogP contribution is -2.59. The van der Waals surface area contributed by atoms with Crippen molar-refractivity contribution >= 4 is 40.0 Å². The Morgan fingerprint density at radius 2 is 2.04 bits per heavy atom. The van der Waals surface area contributed by atoms with Crippen molar-refractivity contribution in [1.82, 2.24) is 0 Å². The van der Waals surface area contributed by atoms with E-state index in [9.17, 15) is 9.90 Å². The number of rotatable bonds is 2. The molecule has 0 aromatic heterocycles. The summed E-state index contributed by atoms with van der Waals surface area (Å²) in [6.45, 7) is 4.48. The number of carbonyl (C=O) groups excluding carboxylic acids is 1. The average Bonchev–Trinajstić information content (AvgIpc) is 2.86. The van der Waals surface area contributed by atoms with E-state index < -0.39 is 5.60 Å². The second-order valence-corrected chi connectivity index (χ2v) is 10.7. The van der Waals surface area contributed by atoms with Crippen molar-refractivity contribution in [2.45, 2.75) is 64.4 Å². The number of hydrogen-bond donors (Lipinski definition) is 1. The lowest BCUT2D eigenvalue weighted by molar-refractivity contribution is -0.136. The van der Waals surface area contributed by atoms with Gasteiger partial charge in [-0.15, -0.1) is 11.6 Å². The third-order valence-electron chi connectivity index (χ3n) is 8.72. The number of hydrogen-bond acceptors (Lipinski definition) is 2. The molecule has 7 atom stereocenters. The van der Waals surface area contributed by atoms with Crippen LogP contribution in [0.15, 0.2) is 11.6 Å². The Morgan fingerprint density at radius 1 is 1.28 bits per heavy atom. The zero-order chi connectivity index (χ0) is 18.0. The number of fused-ring (bicyclic) bond motifs is 5. The fourth-order valence-electron chi connectivity index (χ4n) is 7.41. The predicted molar refractivity (Wildman–Crippen MR) is 110 cm³/mol. The minimum Gasteiger partial charge on any atom is -0.390 e. The van der Waals surface area contributed by atoms with Crippen LogP contribution in [0.3, 0.4) is 0 Å². The molecule has 0 aliphatic heterocycles. The molecule has 0 spiro atoms. The highest BCUT2D eigenvalue weighted by atomic mass is 127. The van der Waals surface area contributed by atoms with Crippen molar-refractivity contribution in [3.8, 4) is 0 Å². The second-order valence-electron chi connectivity index (χ2n) is 9.61.